The first-order valence-corrected chi connectivity index (χ1v) is 9.68. The van der Waals surface area contributed by atoms with Gasteiger partial charge in [-0.15, -0.1) is 0 Å². The number of halogens is 2. The number of carbonyl (C=O) groups excluding carboxylic acids is 1. The molecule has 1 saturated heterocycles. The second-order valence-electron chi connectivity index (χ2n) is 7.76. The summed E-state index contributed by atoms with van der Waals surface area (Å²) in [4.78, 5) is 23.4. The van der Waals surface area contributed by atoms with Crippen LogP contribution in [0.25, 0.3) is 16.6 Å². The van der Waals surface area contributed by atoms with Gasteiger partial charge in [-0.05, 0) is 24.0 Å². The van der Waals surface area contributed by atoms with E-state index in [0.717, 1.165) is 11.1 Å². The standard InChI is InChI=1S/C20H20Cl2N4O2/c1-20(2)9-15(19(27)28-3)26(10-20)16-8-14(25-7-6-23-11-25)12-4-5-13(21)17(22)18(12)24-16/h4-8,11,15H,9-10H2,1-3H3/t15-/m0/s1. The number of benzene rings is 1. The fraction of sp³-hybridized carbons (Fsp3) is 0.350. The quantitative estimate of drug-likeness (QED) is 0.585. The van der Waals surface area contributed by atoms with Crippen LogP contribution in [0.15, 0.2) is 36.9 Å². The van der Waals surface area contributed by atoms with E-state index in [2.05, 4.69) is 18.8 Å². The highest BCUT2D eigenvalue weighted by molar-refractivity contribution is 6.45. The zero-order valence-corrected chi connectivity index (χ0v) is 17.3. The summed E-state index contributed by atoms with van der Waals surface area (Å²) in [6, 6.07) is 5.19. The number of esters is 1. The number of ether oxygens (including phenoxy) is 1. The minimum atomic E-state index is -0.404. The van der Waals surface area contributed by atoms with Crippen molar-refractivity contribution in [2.24, 2.45) is 5.41 Å². The SMILES string of the molecule is COC(=O)[C@@H]1CC(C)(C)CN1c1cc(-n2ccnc2)c2ccc(Cl)c(Cl)c2n1. The fourth-order valence-electron chi connectivity index (χ4n) is 3.82. The van der Waals surface area contributed by atoms with Crippen LogP contribution < -0.4 is 4.90 Å². The maximum Gasteiger partial charge on any atom is 0.328 e. The molecule has 0 amide bonds. The van der Waals surface area contributed by atoms with E-state index in [9.17, 15) is 4.79 Å². The molecular weight excluding hydrogens is 399 g/mol. The van der Waals surface area contributed by atoms with Crippen LogP contribution in [0, 0.1) is 5.41 Å². The number of methoxy groups -OCH3 is 1. The lowest BCUT2D eigenvalue weighted by Gasteiger charge is -2.25. The summed E-state index contributed by atoms with van der Waals surface area (Å²) in [7, 11) is 1.41. The summed E-state index contributed by atoms with van der Waals surface area (Å²) in [5.74, 6) is 0.384. The van der Waals surface area contributed by atoms with Crippen LogP contribution in [0.1, 0.15) is 20.3 Å². The molecule has 4 rings (SSSR count). The maximum atomic E-state index is 12.4. The Bertz CT molecular complexity index is 1050. The number of imidazole rings is 1. The van der Waals surface area contributed by atoms with E-state index < -0.39 is 6.04 Å². The molecule has 28 heavy (non-hydrogen) atoms. The van der Waals surface area contributed by atoms with Gasteiger partial charge in [0.25, 0.3) is 0 Å². The van der Waals surface area contributed by atoms with Crippen molar-refractivity contribution in [3.63, 3.8) is 0 Å². The van der Waals surface area contributed by atoms with Crippen LogP contribution in [-0.4, -0.2) is 40.2 Å². The Labute approximate surface area is 173 Å². The van der Waals surface area contributed by atoms with Crippen molar-refractivity contribution in [1.29, 1.82) is 0 Å². The van der Waals surface area contributed by atoms with Gasteiger partial charge in [-0.25, -0.2) is 14.8 Å². The highest BCUT2D eigenvalue weighted by Gasteiger charge is 2.43. The Kier molecular flexibility index (Phi) is 4.71. The molecule has 146 valence electrons. The van der Waals surface area contributed by atoms with Gasteiger partial charge in [-0.1, -0.05) is 37.0 Å². The number of aromatic nitrogens is 3. The average molecular weight is 419 g/mol. The van der Waals surface area contributed by atoms with Gasteiger partial charge in [-0.3, -0.25) is 0 Å². The first-order chi connectivity index (χ1) is 13.3. The zero-order chi connectivity index (χ0) is 20.1. The number of rotatable bonds is 3. The lowest BCUT2D eigenvalue weighted by atomic mass is 9.91. The van der Waals surface area contributed by atoms with Crippen molar-refractivity contribution in [3.05, 3.63) is 47.0 Å². The molecule has 0 unspecified atom stereocenters. The molecule has 1 aliphatic heterocycles. The lowest BCUT2D eigenvalue weighted by Crippen LogP contribution is -2.37. The lowest BCUT2D eigenvalue weighted by molar-refractivity contribution is -0.142. The topological polar surface area (TPSA) is 60.2 Å². The number of anilines is 1. The van der Waals surface area contributed by atoms with E-state index in [1.54, 1.807) is 18.6 Å². The number of hydrogen-bond acceptors (Lipinski definition) is 5. The Morgan fingerprint density at radius 2 is 2.11 bits per heavy atom. The Hall–Kier alpha value is -2.31. The number of carbonyl (C=O) groups is 1. The van der Waals surface area contributed by atoms with Gasteiger partial charge in [-0.2, -0.15) is 0 Å². The average Bonchev–Trinajstić information content (AvgIpc) is 3.31. The van der Waals surface area contributed by atoms with Crippen LogP contribution in [-0.2, 0) is 9.53 Å². The highest BCUT2D eigenvalue weighted by atomic mass is 35.5. The first kappa shape index (κ1) is 19.0. The summed E-state index contributed by atoms with van der Waals surface area (Å²) in [6.45, 7) is 4.93. The number of fused-ring (bicyclic) bond motifs is 1. The highest BCUT2D eigenvalue weighted by Crippen LogP contribution is 2.40. The summed E-state index contributed by atoms with van der Waals surface area (Å²) in [5.41, 5.74) is 1.40. The molecule has 1 aromatic carbocycles. The van der Waals surface area contributed by atoms with Gasteiger partial charge in [0.15, 0.2) is 0 Å². The normalized spacial score (nSPS) is 18.6. The van der Waals surface area contributed by atoms with Crippen molar-refractivity contribution >= 4 is 45.9 Å². The van der Waals surface area contributed by atoms with Gasteiger partial charge in [0.1, 0.15) is 11.9 Å². The molecule has 6 nitrogen and oxygen atoms in total. The molecule has 3 heterocycles. The van der Waals surface area contributed by atoms with Crippen molar-refractivity contribution in [3.8, 4) is 5.69 Å². The molecule has 1 fully saturated rings. The predicted molar refractivity (Wildman–Crippen MR) is 110 cm³/mol. The largest absolute Gasteiger partial charge is 0.467 e. The third kappa shape index (κ3) is 3.20. The number of nitrogens with zero attached hydrogens (tertiary/aromatic N) is 4. The summed E-state index contributed by atoms with van der Waals surface area (Å²) in [6.07, 6.45) is 5.96. The zero-order valence-electron chi connectivity index (χ0n) is 15.8. The summed E-state index contributed by atoms with van der Waals surface area (Å²) >= 11 is 12.7. The van der Waals surface area contributed by atoms with Crippen molar-refractivity contribution in [1.82, 2.24) is 14.5 Å². The molecule has 2 aromatic heterocycles. The predicted octanol–water partition coefficient (Wildman–Crippen LogP) is 4.51. The number of hydrogen-bond donors (Lipinski definition) is 0. The minimum absolute atomic E-state index is 0.0528. The van der Waals surface area contributed by atoms with Crippen LogP contribution in [0.3, 0.4) is 0 Å². The second kappa shape index (κ2) is 6.94. The van der Waals surface area contributed by atoms with Crippen LogP contribution in [0.4, 0.5) is 5.82 Å². The number of pyridine rings is 1. The van der Waals surface area contributed by atoms with E-state index in [0.29, 0.717) is 34.3 Å². The third-order valence-corrected chi connectivity index (χ3v) is 5.90. The second-order valence-corrected chi connectivity index (χ2v) is 8.55. The molecule has 1 aliphatic rings. The molecule has 0 N–H and O–H groups in total. The smallest absolute Gasteiger partial charge is 0.328 e. The first-order valence-electron chi connectivity index (χ1n) is 8.92. The molecule has 0 bridgehead atoms. The van der Waals surface area contributed by atoms with Crippen molar-refractivity contribution in [2.45, 2.75) is 26.3 Å². The molecule has 0 saturated carbocycles. The van der Waals surface area contributed by atoms with Crippen LogP contribution >= 0.6 is 23.2 Å². The Balaban J connectivity index is 1.94. The van der Waals surface area contributed by atoms with E-state index >= 15 is 0 Å². The summed E-state index contributed by atoms with van der Waals surface area (Å²) in [5, 5.41) is 1.67. The maximum absolute atomic E-state index is 12.4. The third-order valence-electron chi connectivity index (χ3n) is 5.11. The van der Waals surface area contributed by atoms with Crippen molar-refractivity contribution < 1.29 is 9.53 Å². The van der Waals surface area contributed by atoms with Gasteiger partial charge >= 0.3 is 5.97 Å². The molecular formula is C20H20Cl2N4O2. The summed E-state index contributed by atoms with van der Waals surface area (Å²) < 4.78 is 6.94. The Morgan fingerprint density at radius 3 is 2.79 bits per heavy atom. The van der Waals surface area contributed by atoms with E-state index in [1.165, 1.54) is 7.11 Å². The minimum Gasteiger partial charge on any atom is -0.467 e. The monoisotopic (exact) mass is 418 g/mol. The molecule has 0 spiro atoms. The van der Waals surface area contributed by atoms with Crippen molar-refractivity contribution in [2.75, 3.05) is 18.6 Å². The van der Waals surface area contributed by atoms with Gasteiger partial charge < -0.3 is 14.2 Å². The Morgan fingerprint density at radius 1 is 1.32 bits per heavy atom. The van der Waals surface area contributed by atoms with Gasteiger partial charge in [0.05, 0.1) is 34.7 Å². The molecule has 0 radical (unpaired) electrons. The van der Waals surface area contributed by atoms with Crippen LogP contribution in [0.2, 0.25) is 10.0 Å². The molecule has 1 atom stereocenters. The van der Waals surface area contributed by atoms with E-state index in [1.807, 2.05) is 27.8 Å². The molecule has 8 heteroatoms. The van der Waals surface area contributed by atoms with E-state index in [4.69, 9.17) is 32.9 Å². The fourth-order valence-corrected chi connectivity index (χ4v) is 4.18. The van der Waals surface area contributed by atoms with E-state index in [-0.39, 0.29) is 11.4 Å². The molecule has 3 aromatic rings. The van der Waals surface area contributed by atoms with Gasteiger partial charge in [0.2, 0.25) is 0 Å². The van der Waals surface area contributed by atoms with Crippen LogP contribution in [0.5, 0.6) is 0 Å². The molecule has 0 aliphatic carbocycles. The van der Waals surface area contributed by atoms with Gasteiger partial charge in [0, 0.05) is 30.4 Å².